The maximum Gasteiger partial charge on any atom is 0.238 e. The zero-order valence-corrected chi connectivity index (χ0v) is 11.5. The summed E-state index contributed by atoms with van der Waals surface area (Å²) in [6.07, 6.45) is 0.185. The Labute approximate surface area is 113 Å². The highest BCUT2D eigenvalue weighted by Gasteiger charge is 2.19. The van der Waals surface area contributed by atoms with Crippen molar-refractivity contribution >= 4 is 17.3 Å². The smallest absolute Gasteiger partial charge is 0.238 e. The molecule has 1 saturated heterocycles. The molecular formula is C14H21N3O2. The second kappa shape index (κ2) is 6.04. The highest BCUT2D eigenvalue weighted by atomic mass is 16.5. The molecule has 3 N–H and O–H groups in total. The fourth-order valence-corrected chi connectivity index (χ4v) is 2.28. The van der Waals surface area contributed by atoms with E-state index in [1.54, 1.807) is 6.07 Å². The average molecular weight is 263 g/mol. The molecule has 1 aliphatic heterocycles. The molecule has 0 spiro atoms. The summed E-state index contributed by atoms with van der Waals surface area (Å²) < 4.78 is 5.45. The Morgan fingerprint density at radius 1 is 1.58 bits per heavy atom. The summed E-state index contributed by atoms with van der Waals surface area (Å²) in [5.41, 5.74) is 8.17. The molecule has 0 saturated carbocycles. The SMILES string of the molecule is Cc1cccc(N)c1NC(=O)CN1CCOC(C)C1. The monoisotopic (exact) mass is 263 g/mol. The van der Waals surface area contributed by atoms with E-state index in [1.165, 1.54) is 0 Å². The Morgan fingerprint density at radius 3 is 3.05 bits per heavy atom. The first-order valence-corrected chi connectivity index (χ1v) is 6.55. The van der Waals surface area contributed by atoms with Gasteiger partial charge in [0.1, 0.15) is 0 Å². The lowest BCUT2D eigenvalue weighted by Crippen LogP contribution is -2.44. The van der Waals surface area contributed by atoms with Gasteiger partial charge in [0.15, 0.2) is 0 Å². The molecule has 2 rings (SSSR count). The number of nitrogens with zero attached hydrogens (tertiary/aromatic N) is 1. The molecule has 1 unspecified atom stereocenters. The number of nitrogens with one attached hydrogen (secondary N) is 1. The Balaban J connectivity index is 1.94. The Kier molecular flexibility index (Phi) is 4.39. The standard InChI is InChI=1S/C14H21N3O2/c1-10-4-3-5-12(15)14(10)16-13(18)9-17-6-7-19-11(2)8-17/h3-5,11H,6-9,15H2,1-2H3,(H,16,18). The highest BCUT2D eigenvalue weighted by molar-refractivity contribution is 5.96. The van der Waals surface area contributed by atoms with Crippen molar-refractivity contribution in [2.45, 2.75) is 20.0 Å². The van der Waals surface area contributed by atoms with Crippen molar-refractivity contribution in [2.24, 2.45) is 0 Å². The zero-order valence-electron chi connectivity index (χ0n) is 11.5. The van der Waals surface area contributed by atoms with Crippen molar-refractivity contribution in [2.75, 3.05) is 37.3 Å². The van der Waals surface area contributed by atoms with Gasteiger partial charge in [-0.2, -0.15) is 0 Å². The van der Waals surface area contributed by atoms with E-state index in [1.807, 2.05) is 26.0 Å². The molecule has 1 heterocycles. The van der Waals surface area contributed by atoms with Gasteiger partial charge in [-0.05, 0) is 25.5 Å². The number of hydrogen-bond acceptors (Lipinski definition) is 4. The third-order valence-corrected chi connectivity index (χ3v) is 3.26. The molecular weight excluding hydrogens is 242 g/mol. The van der Waals surface area contributed by atoms with Gasteiger partial charge in [0.25, 0.3) is 0 Å². The maximum atomic E-state index is 12.0. The quantitative estimate of drug-likeness (QED) is 0.805. The number of nitrogens with two attached hydrogens (primary N) is 1. The topological polar surface area (TPSA) is 67.6 Å². The molecule has 0 aliphatic carbocycles. The highest BCUT2D eigenvalue weighted by Crippen LogP contribution is 2.22. The van der Waals surface area contributed by atoms with Crippen molar-refractivity contribution in [1.29, 1.82) is 0 Å². The van der Waals surface area contributed by atoms with E-state index in [9.17, 15) is 4.79 Å². The van der Waals surface area contributed by atoms with Crippen LogP contribution in [0.3, 0.4) is 0 Å². The molecule has 1 aliphatic rings. The van der Waals surface area contributed by atoms with Crippen LogP contribution < -0.4 is 11.1 Å². The Hall–Kier alpha value is -1.59. The number of carbonyl (C=O) groups excluding carboxylic acids is 1. The molecule has 1 aromatic carbocycles. The fourth-order valence-electron chi connectivity index (χ4n) is 2.28. The van der Waals surface area contributed by atoms with Gasteiger partial charge in [-0.3, -0.25) is 9.69 Å². The number of hydrogen-bond donors (Lipinski definition) is 2. The summed E-state index contributed by atoms with van der Waals surface area (Å²) >= 11 is 0. The lowest BCUT2D eigenvalue weighted by Gasteiger charge is -2.30. The molecule has 0 radical (unpaired) electrons. The van der Waals surface area contributed by atoms with Crippen LogP contribution in [0.1, 0.15) is 12.5 Å². The molecule has 0 aromatic heterocycles. The molecule has 5 nitrogen and oxygen atoms in total. The number of aryl methyl sites for hydroxylation is 1. The molecule has 1 amide bonds. The van der Waals surface area contributed by atoms with Crippen LogP contribution in [0, 0.1) is 6.92 Å². The van der Waals surface area contributed by atoms with E-state index < -0.39 is 0 Å². The minimum atomic E-state index is -0.0323. The van der Waals surface area contributed by atoms with E-state index in [0.717, 1.165) is 18.7 Å². The number of anilines is 2. The summed E-state index contributed by atoms with van der Waals surface area (Å²) in [7, 11) is 0. The number of amides is 1. The van der Waals surface area contributed by atoms with Crippen LogP contribution in [0.15, 0.2) is 18.2 Å². The summed E-state index contributed by atoms with van der Waals surface area (Å²) in [5, 5.41) is 2.89. The van der Waals surface area contributed by atoms with Crippen molar-refractivity contribution in [1.82, 2.24) is 4.90 Å². The molecule has 104 valence electrons. The van der Waals surface area contributed by atoms with E-state index in [-0.39, 0.29) is 12.0 Å². The lowest BCUT2D eigenvalue weighted by atomic mass is 10.1. The van der Waals surface area contributed by atoms with E-state index in [0.29, 0.717) is 24.5 Å². The molecule has 5 heteroatoms. The number of benzene rings is 1. The Bertz CT molecular complexity index is 442. The van der Waals surface area contributed by atoms with Gasteiger partial charge in [-0.15, -0.1) is 0 Å². The predicted molar refractivity (Wildman–Crippen MR) is 76.1 cm³/mol. The number of carbonyl (C=O) groups is 1. The summed E-state index contributed by atoms with van der Waals surface area (Å²) in [6, 6.07) is 5.60. The molecule has 0 bridgehead atoms. The molecule has 1 fully saturated rings. The molecule has 1 aromatic rings. The lowest BCUT2D eigenvalue weighted by molar-refractivity contribution is -0.119. The minimum Gasteiger partial charge on any atom is -0.397 e. The fraction of sp³-hybridized carbons (Fsp3) is 0.500. The van der Waals surface area contributed by atoms with Crippen LogP contribution in [0.25, 0.3) is 0 Å². The van der Waals surface area contributed by atoms with Crippen LogP contribution in [0.2, 0.25) is 0 Å². The third-order valence-electron chi connectivity index (χ3n) is 3.26. The second-order valence-electron chi connectivity index (χ2n) is 5.00. The summed E-state index contributed by atoms with van der Waals surface area (Å²) in [5.74, 6) is -0.0323. The van der Waals surface area contributed by atoms with Gasteiger partial charge >= 0.3 is 0 Å². The number of morpholine rings is 1. The van der Waals surface area contributed by atoms with Crippen LogP contribution in [-0.4, -0.2) is 43.2 Å². The van der Waals surface area contributed by atoms with Crippen molar-refractivity contribution < 1.29 is 9.53 Å². The average Bonchev–Trinajstić information content (AvgIpc) is 2.34. The third kappa shape index (κ3) is 3.68. The largest absolute Gasteiger partial charge is 0.397 e. The number of nitrogen functional groups attached to an aromatic ring is 1. The van der Waals surface area contributed by atoms with Gasteiger partial charge < -0.3 is 15.8 Å². The first kappa shape index (κ1) is 13.8. The predicted octanol–water partition coefficient (Wildman–Crippen LogP) is 1.24. The van der Waals surface area contributed by atoms with Crippen LogP contribution >= 0.6 is 0 Å². The van der Waals surface area contributed by atoms with Gasteiger partial charge in [-0.1, -0.05) is 12.1 Å². The Morgan fingerprint density at radius 2 is 2.37 bits per heavy atom. The second-order valence-corrected chi connectivity index (χ2v) is 5.00. The van der Waals surface area contributed by atoms with E-state index in [2.05, 4.69) is 10.2 Å². The van der Waals surface area contributed by atoms with E-state index in [4.69, 9.17) is 10.5 Å². The van der Waals surface area contributed by atoms with Crippen molar-refractivity contribution in [3.05, 3.63) is 23.8 Å². The van der Waals surface area contributed by atoms with Crippen molar-refractivity contribution in [3.8, 4) is 0 Å². The molecule has 19 heavy (non-hydrogen) atoms. The van der Waals surface area contributed by atoms with Crippen molar-refractivity contribution in [3.63, 3.8) is 0 Å². The maximum absolute atomic E-state index is 12.0. The van der Waals surface area contributed by atoms with Crippen LogP contribution in [-0.2, 0) is 9.53 Å². The number of ether oxygens (including phenoxy) is 1. The molecule has 1 atom stereocenters. The van der Waals surface area contributed by atoms with Gasteiger partial charge in [0.05, 0.1) is 30.6 Å². The van der Waals surface area contributed by atoms with Crippen LogP contribution in [0.4, 0.5) is 11.4 Å². The van der Waals surface area contributed by atoms with Gasteiger partial charge in [0.2, 0.25) is 5.91 Å². The van der Waals surface area contributed by atoms with E-state index >= 15 is 0 Å². The number of rotatable bonds is 3. The first-order chi connectivity index (χ1) is 9.06. The first-order valence-electron chi connectivity index (χ1n) is 6.55. The summed E-state index contributed by atoms with van der Waals surface area (Å²) in [4.78, 5) is 14.1. The normalized spacial score (nSPS) is 20.2. The zero-order chi connectivity index (χ0) is 13.8. The van der Waals surface area contributed by atoms with Gasteiger partial charge in [-0.25, -0.2) is 0 Å². The van der Waals surface area contributed by atoms with Crippen LogP contribution in [0.5, 0.6) is 0 Å². The number of para-hydroxylation sites is 1. The minimum absolute atomic E-state index is 0.0323. The summed E-state index contributed by atoms with van der Waals surface area (Å²) in [6.45, 7) is 6.59. The van der Waals surface area contributed by atoms with Gasteiger partial charge in [0, 0.05) is 13.1 Å².